The molecule has 0 aromatic heterocycles. The Balaban J connectivity index is 2.62. The zero-order valence-corrected chi connectivity index (χ0v) is 11.0. The van der Waals surface area contributed by atoms with Gasteiger partial charge in [-0.2, -0.15) is 0 Å². The summed E-state index contributed by atoms with van der Waals surface area (Å²) in [7, 11) is 0. The van der Waals surface area contributed by atoms with Crippen LogP contribution in [0.4, 0.5) is 0 Å². The largest absolute Gasteiger partial charge is 0.316 e. The number of hydrogen-bond acceptors (Lipinski definition) is 1. The van der Waals surface area contributed by atoms with Crippen LogP contribution in [0.2, 0.25) is 0 Å². The van der Waals surface area contributed by atoms with Crippen molar-refractivity contribution in [1.82, 2.24) is 0 Å². The number of hydrogen-bond donors (Lipinski definition) is 0. The Morgan fingerprint density at radius 3 is 1.80 bits per heavy atom. The number of nitrogens with zero attached hydrogens (tertiary/aromatic N) is 1. The van der Waals surface area contributed by atoms with Crippen molar-refractivity contribution in [2.45, 2.75) is 59.1 Å². The second kappa shape index (κ2) is 5.31. The number of likely N-dealkylation sites (N-methyl/N-ethyl adjacent to an activating group) is 1. The average molecular weight is 214 g/mol. The Hall–Kier alpha value is -0.0800. The van der Waals surface area contributed by atoms with Gasteiger partial charge in [0.2, 0.25) is 5.72 Å². The summed E-state index contributed by atoms with van der Waals surface area (Å²) < 4.78 is 6.91. The molecule has 1 heterocycles. The van der Waals surface area contributed by atoms with Gasteiger partial charge in [-0.1, -0.05) is 26.7 Å². The predicted octanol–water partition coefficient (Wildman–Crippen LogP) is 3.17. The van der Waals surface area contributed by atoms with Gasteiger partial charge >= 0.3 is 0 Å². The first-order chi connectivity index (χ1) is 7.14. The minimum Gasteiger partial charge on any atom is -0.316 e. The summed E-state index contributed by atoms with van der Waals surface area (Å²) in [4.78, 5) is 0. The third-order valence-electron chi connectivity index (χ3n) is 4.05. The molecule has 0 aromatic carbocycles. The molecule has 0 radical (unpaired) electrons. The lowest BCUT2D eigenvalue weighted by atomic mass is 10.1. The molecular weight excluding hydrogens is 186 g/mol. The lowest BCUT2D eigenvalue weighted by molar-refractivity contribution is -0.969. The van der Waals surface area contributed by atoms with Gasteiger partial charge in [-0.15, -0.1) is 0 Å². The molecule has 1 atom stereocenters. The van der Waals surface area contributed by atoms with Crippen LogP contribution in [0, 0.1) is 0 Å². The van der Waals surface area contributed by atoms with E-state index in [1.165, 1.54) is 49.8 Å². The van der Waals surface area contributed by atoms with E-state index >= 15 is 0 Å². The SMILES string of the molecule is CCCC[N+](CC)(CCCC)C1(C)CO1. The first-order valence-corrected chi connectivity index (χ1v) is 6.64. The molecule has 0 N–H and O–H groups in total. The van der Waals surface area contributed by atoms with E-state index in [-0.39, 0.29) is 5.72 Å². The van der Waals surface area contributed by atoms with Gasteiger partial charge in [0.15, 0.2) is 0 Å². The van der Waals surface area contributed by atoms with Crippen molar-refractivity contribution in [2.24, 2.45) is 0 Å². The van der Waals surface area contributed by atoms with Crippen molar-refractivity contribution >= 4 is 0 Å². The molecule has 0 amide bonds. The number of unbranched alkanes of at least 4 members (excludes halogenated alkanes) is 2. The van der Waals surface area contributed by atoms with E-state index in [4.69, 9.17) is 4.74 Å². The Kier molecular flexibility index (Phi) is 4.60. The van der Waals surface area contributed by atoms with Crippen LogP contribution >= 0.6 is 0 Å². The fraction of sp³-hybridized carbons (Fsp3) is 1.00. The van der Waals surface area contributed by atoms with Crippen molar-refractivity contribution in [3.05, 3.63) is 0 Å². The minimum atomic E-state index is 0.152. The van der Waals surface area contributed by atoms with E-state index in [2.05, 4.69) is 27.7 Å². The Bertz CT molecular complexity index is 179. The highest BCUT2D eigenvalue weighted by Gasteiger charge is 2.57. The summed E-state index contributed by atoms with van der Waals surface area (Å²) in [5, 5.41) is 0. The van der Waals surface area contributed by atoms with E-state index in [1.807, 2.05) is 0 Å². The van der Waals surface area contributed by atoms with Crippen LogP contribution in [0.1, 0.15) is 53.4 Å². The molecule has 0 saturated carbocycles. The molecule has 0 bridgehead atoms. The maximum absolute atomic E-state index is 5.72. The molecule has 1 unspecified atom stereocenters. The third kappa shape index (κ3) is 2.73. The third-order valence-corrected chi connectivity index (χ3v) is 4.05. The van der Waals surface area contributed by atoms with Gasteiger partial charge < -0.3 is 4.74 Å². The summed E-state index contributed by atoms with van der Waals surface area (Å²) >= 11 is 0. The monoisotopic (exact) mass is 214 g/mol. The van der Waals surface area contributed by atoms with Gasteiger partial charge in [0.05, 0.1) is 19.6 Å². The van der Waals surface area contributed by atoms with Crippen molar-refractivity contribution in [3.63, 3.8) is 0 Å². The molecule has 1 aliphatic heterocycles. The molecule has 1 rings (SSSR count). The zero-order valence-electron chi connectivity index (χ0n) is 11.0. The molecule has 0 aromatic rings. The molecule has 0 aliphatic carbocycles. The molecule has 1 aliphatic rings. The normalized spacial score (nSPS) is 25.6. The summed E-state index contributed by atoms with van der Waals surface area (Å²) in [6.45, 7) is 13.9. The number of rotatable bonds is 8. The number of ether oxygens (including phenoxy) is 1. The van der Waals surface area contributed by atoms with Crippen LogP contribution in [-0.2, 0) is 4.74 Å². The van der Waals surface area contributed by atoms with Crippen LogP contribution in [0.15, 0.2) is 0 Å². The summed E-state index contributed by atoms with van der Waals surface area (Å²) in [6, 6.07) is 0. The summed E-state index contributed by atoms with van der Waals surface area (Å²) in [5.41, 5.74) is 0.152. The molecule has 90 valence electrons. The lowest BCUT2D eigenvalue weighted by Crippen LogP contribution is -2.57. The predicted molar refractivity (Wildman–Crippen MR) is 64.7 cm³/mol. The topological polar surface area (TPSA) is 12.5 Å². The standard InChI is InChI=1S/C13H28NO/c1-5-8-10-14(7-3,11-9-6-2)13(4)12-15-13/h5-12H2,1-4H3/q+1. The quantitative estimate of drug-likeness (QED) is 0.446. The van der Waals surface area contributed by atoms with Crippen molar-refractivity contribution in [2.75, 3.05) is 26.2 Å². The molecule has 15 heavy (non-hydrogen) atoms. The van der Waals surface area contributed by atoms with Gasteiger partial charge in [0.25, 0.3) is 0 Å². The van der Waals surface area contributed by atoms with Crippen LogP contribution in [0.25, 0.3) is 0 Å². The van der Waals surface area contributed by atoms with Gasteiger partial charge in [0.1, 0.15) is 6.61 Å². The first-order valence-electron chi connectivity index (χ1n) is 6.64. The lowest BCUT2D eigenvalue weighted by Gasteiger charge is -2.41. The molecule has 2 heteroatoms. The highest BCUT2D eigenvalue weighted by atomic mass is 16.6. The van der Waals surface area contributed by atoms with E-state index < -0.39 is 0 Å². The fourth-order valence-corrected chi connectivity index (χ4v) is 2.54. The van der Waals surface area contributed by atoms with E-state index in [0.29, 0.717) is 0 Å². The van der Waals surface area contributed by atoms with Gasteiger partial charge in [-0.3, -0.25) is 4.48 Å². The highest BCUT2D eigenvalue weighted by molar-refractivity contribution is 4.78. The van der Waals surface area contributed by atoms with Crippen LogP contribution < -0.4 is 0 Å². The number of epoxide rings is 1. The molecule has 0 spiro atoms. The highest BCUT2D eigenvalue weighted by Crippen LogP contribution is 2.38. The first kappa shape index (κ1) is 13.0. The van der Waals surface area contributed by atoms with Gasteiger partial charge in [-0.25, -0.2) is 0 Å². The summed E-state index contributed by atoms with van der Waals surface area (Å²) in [5.74, 6) is 0. The van der Waals surface area contributed by atoms with Crippen LogP contribution in [-0.4, -0.2) is 36.4 Å². The van der Waals surface area contributed by atoms with Gasteiger partial charge in [0, 0.05) is 6.92 Å². The van der Waals surface area contributed by atoms with Crippen LogP contribution in [0.3, 0.4) is 0 Å². The van der Waals surface area contributed by atoms with Crippen LogP contribution in [0.5, 0.6) is 0 Å². The molecule has 1 fully saturated rings. The zero-order chi connectivity index (χ0) is 11.4. The fourth-order valence-electron chi connectivity index (χ4n) is 2.54. The maximum Gasteiger partial charge on any atom is 0.224 e. The Labute approximate surface area is 95.2 Å². The van der Waals surface area contributed by atoms with E-state index in [0.717, 1.165) is 6.61 Å². The van der Waals surface area contributed by atoms with Gasteiger partial charge in [-0.05, 0) is 19.8 Å². The van der Waals surface area contributed by atoms with Crippen molar-refractivity contribution < 1.29 is 9.22 Å². The maximum atomic E-state index is 5.72. The Morgan fingerprint density at radius 2 is 1.53 bits per heavy atom. The molecular formula is C13H28NO+. The molecule has 2 nitrogen and oxygen atoms in total. The molecule has 1 saturated heterocycles. The van der Waals surface area contributed by atoms with E-state index in [9.17, 15) is 0 Å². The van der Waals surface area contributed by atoms with Crippen molar-refractivity contribution in [3.8, 4) is 0 Å². The van der Waals surface area contributed by atoms with Crippen molar-refractivity contribution in [1.29, 1.82) is 0 Å². The van der Waals surface area contributed by atoms with E-state index in [1.54, 1.807) is 0 Å². The second-order valence-corrected chi connectivity index (χ2v) is 5.08. The Morgan fingerprint density at radius 1 is 1.07 bits per heavy atom. The summed E-state index contributed by atoms with van der Waals surface area (Å²) in [6.07, 6.45) is 5.25. The smallest absolute Gasteiger partial charge is 0.224 e. The number of quaternary nitrogens is 1. The minimum absolute atomic E-state index is 0.152. The average Bonchev–Trinajstić information content (AvgIpc) is 2.99. The second-order valence-electron chi connectivity index (χ2n) is 5.08.